The number of carbonyl (C=O) groups is 3. The van der Waals surface area contributed by atoms with Gasteiger partial charge in [-0.3, -0.25) is 9.59 Å². The van der Waals surface area contributed by atoms with Crippen LogP contribution in [0.1, 0.15) is 25.8 Å². The number of ether oxygens (including phenoxy) is 1. The number of nitrogens with zero attached hydrogens (tertiary/aromatic N) is 1. The van der Waals surface area contributed by atoms with Gasteiger partial charge in [0, 0.05) is 6.42 Å². The zero-order chi connectivity index (χ0) is 19.2. The van der Waals surface area contributed by atoms with Crippen molar-refractivity contribution in [2.75, 3.05) is 26.2 Å². The van der Waals surface area contributed by atoms with Gasteiger partial charge in [-0.1, -0.05) is 30.3 Å². The molecule has 0 aromatic heterocycles. The van der Waals surface area contributed by atoms with Crippen LogP contribution in [0, 0.1) is 5.92 Å². The Kier molecular flexibility index (Phi) is 7.02. The van der Waals surface area contributed by atoms with E-state index in [0.29, 0.717) is 13.0 Å². The van der Waals surface area contributed by atoms with E-state index in [1.54, 1.807) is 13.8 Å². The molecule has 1 aliphatic rings. The first kappa shape index (κ1) is 20.2. The minimum atomic E-state index is -0.771. The Balaban J connectivity index is 1.93. The Labute approximate surface area is 153 Å². The predicted octanol–water partition coefficient (Wildman–Crippen LogP) is 1.09. The molecule has 1 amide bonds. The third kappa shape index (κ3) is 4.75. The number of quaternary nitrogens is 1. The Morgan fingerprint density at radius 1 is 1.19 bits per heavy atom. The zero-order valence-electron chi connectivity index (χ0n) is 15.3. The second-order valence-corrected chi connectivity index (χ2v) is 6.51. The highest BCUT2D eigenvalue weighted by Crippen LogP contribution is 2.20. The lowest BCUT2D eigenvalue weighted by molar-refractivity contribution is -1.04. The predicted molar refractivity (Wildman–Crippen MR) is 94.1 cm³/mol. The molecule has 2 atom stereocenters. The molecule has 142 valence electrons. The number of amides is 1. The third-order valence-corrected chi connectivity index (χ3v) is 4.94. The smallest absolute Gasteiger partial charge is 0.383 e. The summed E-state index contributed by atoms with van der Waals surface area (Å²) in [6.45, 7) is 3.83. The first-order valence-electron chi connectivity index (χ1n) is 9.01. The average Bonchev–Trinajstić information content (AvgIpc) is 3.16. The van der Waals surface area contributed by atoms with Gasteiger partial charge in [0.25, 0.3) is 0 Å². The van der Waals surface area contributed by atoms with Crippen LogP contribution in [0.25, 0.3) is 0 Å². The van der Waals surface area contributed by atoms with Crippen LogP contribution < -0.4 is 5.32 Å². The van der Waals surface area contributed by atoms with E-state index in [1.165, 1.54) is 0 Å². The molecule has 1 fully saturated rings. The van der Waals surface area contributed by atoms with Crippen LogP contribution in [0.2, 0.25) is 0 Å². The van der Waals surface area contributed by atoms with Crippen molar-refractivity contribution in [3.05, 3.63) is 35.9 Å². The maximum atomic E-state index is 12.5. The molecule has 0 saturated carbocycles. The minimum Gasteiger partial charge on any atom is -0.451 e. The van der Waals surface area contributed by atoms with Crippen LogP contribution in [-0.2, 0) is 25.5 Å². The van der Waals surface area contributed by atoms with E-state index in [1.807, 2.05) is 30.3 Å². The van der Waals surface area contributed by atoms with Crippen LogP contribution >= 0.6 is 0 Å². The highest BCUT2D eigenvalue weighted by molar-refractivity contribution is 5.92. The van der Waals surface area contributed by atoms with Crippen LogP contribution in [-0.4, -0.2) is 59.8 Å². The Bertz CT molecular complexity index is 643. The molecule has 1 aromatic carbocycles. The number of carbonyl (C=O) groups excluding carboxylic acids is 3. The van der Waals surface area contributed by atoms with E-state index in [-0.39, 0.29) is 25.3 Å². The molecule has 1 unspecified atom stereocenters. The second-order valence-electron chi connectivity index (χ2n) is 6.51. The lowest BCUT2D eigenvalue weighted by Crippen LogP contribution is -2.52. The number of hydrogen-bond acceptors (Lipinski definition) is 6. The van der Waals surface area contributed by atoms with E-state index < -0.39 is 35.1 Å². The molecular formula is C19H27N2O5+. The van der Waals surface area contributed by atoms with E-state index in [2.05, 4.69) is 5.32 Å². The summed E-state index contributed by atoms with van der Waals surface area (Å²) in [5.41, 5.74) is 0.891. The number of ketones is 1. The van der Waals surface area contributed by atoms with E-state index in [4.69, 9.17) is 4.74 Å². The van der Waals surface area contributed by atoms with Crippen molar-refractivity contribution in [1.82, 2.24) is 5.32 Å². The first-order chi connectivity index (χ1) is 12.4. The van der Waals surface area contributed by atoms with Gasteiger partial charge in [-0.25, -0.2) is 10.0 Å². The van der Waals surface area contributed by atoms with Gasteiger partial charge in [0.2, 0.25) is 6.61 Å². The maximum absolute atomic E-state index is 12.5. The summed E-state index contributed by atoms with van der Waals surface area (Å²) in [7, 11) is 0. The topological polar surface area (TPSA) is 92.7 Å². The summed E-state index contributed by atoms with van der Waals surface area (Å²) in [6.07, 6.45) is 0.725. The van der Waals surface area contributed by atoms with Gasteiger partial charge in [-0.2, -0.15) is 0 Å². The molecule has 7 nitrogen and oxygen atoms in total. The fourth-order valence-corrected chi connectivity index (χ4v) is 3.14. The monoisotopic (exact) mass is 363 g/mol. The number of esters is 1. The third-order valence-electron chi connectivity index (χ3n) is 4.94. The fraction of sp³-hybridized carbons (Fsp3) is 0.526. The number of hydrogen-bond donors (Lipinski definition) is 2. The van der Waals surface area contributed by atoms with E-state index in [0.717, 1.165) is 5.56 Å². The molecule has 1 heterocycles. The molecular weight excluding hydrogens is 336 g/mol. The zero-order valence-corrected chi connectivity index (χ0v) is 15.3. The molecule has 1 aliphatic heterocycles. The van der Waals surface area contributed by atoms with Crippen LogP contribution in [0.15, 0.2) is 30.3 Å². The van der Waals surface area contributed by atoms with Crippen LogP contribution in [0.3, 0.4) is 0 Å². The summed E-state index contributed by atoms with van der Waals surface area (Å²) in [6, 6.07) is 8.74. The molecule has 1 aromatic rings. The van der Waals surface area contributed by atoms with Gasteiger partial charge in [0.15, 0.2) is 5.78 Å². The molecule has 2 N–H and O–H groups in total. The standard InChI is InChI=1S/C19H27N2O5/c1-3-21(25,4-2)17(23)13-26-19(24)15-10-11-20-18(15)16(22)12-14-8-6-5-7-9-14/h5-9,15,18,20,25H,3-4,10-13H2,1-2H3/q+1/t15?,18-/m0/s1. The molecule has 2 rings (SSSR count). The van der Waals surface area contributed by atoms with Gasteiger partial charge in [-0.05, 0) is 32.4 Å². The van der Waals surface area contributed by atoms with Crippen molar-refractivity contribution in [2.45, 2.75) is 32.7 Å². The highest BCUT2D eigenvalue weighted by atomic mass is 16.6. The molecule has 26 heavy (non-hydrogen) atoms. The molecule has 0 radical (unpaired) electrons. The number of hydroxylamine groups is 3. The van der Waals surface area contributed by atoms with Crippen LogP contribution in [0.5, 0.6) is 0 Å². The maximum Gasteiger partial charge on any atom is 0.383 e. The van der Waals surface area contributed by atoms with Crippen molar-refractivity contribution in [3.63, 3.8) is 0 Å². The summed E-state index contributed by atoms with van der Waals surface area (Å²) in [4.78, 5) is 37.0. The number of rotatable bonds is 8. The summed E-state index contributed by atoms with van der Waals surface area (Å²) in [5, 5.41) is 13.2. The highest BCUT2D eigenvalue weighted by Gasteiger charge is 2.40. The van der Waals surface area contributed by atoms with Gasteiger partial charge >= 0.3 is 11.9 Å². The SMILES string of the molecule is CC[N+](O)(CC)C(=O)COC(=O)C1CCN[C@@H]1C(=O)Cc1ccccc1. The van der Waals surface area contributed by atoms with Crippen molar-refractivity contribution >= 4 is 17.7 Å². The van der Waals surface area contributed by atoms with Gasteiger partial charge < -0.3 is 10.1 Å². The molecule has 0 aliphatic carbocycles. The van der Waals surface area contributed by atoms with Crippen molar-refractivity contribution < 1.29 is 29.0 Å². The number of benzene rings is 1. The quantitative estimate of drug-likeness (QED) is 0.311. The first-order valence-corrected chi connectivity index (χ1v) is 9.01. The lowest BCUT2D eigenvalue weighted by atomic mass is 9.94. The number of likely N-dealkylation sites (N-methyl/N-ethyl adjacent to an activating group) is 1. The molecule has 1 saturated heterocycles. The fourth-order valence-electron chi connectivity index (χ4n) is 3.14. The molecule has 0 spiro atoms. The van der Waals surface area contributed by atoms with Crippen LogP contribution in [0.4, 0.5) is 0 Å². The Morgan fingerprint density at radius 2 is 1.85 bits per heavy atom. The normalized spacial score (nSPS) is 20.0. The molecule has 0 bridgehead atoms. The number of Topliss-reactive ketones (excluding diaryl/α,β-unsaturated/α-hetero) is 1. The van der Waals surface area contributed by atoms with Crippen molar-refractivity contribution in [2.24, 2.45) is 5.92 Å². The Morgan fingerprint density at radius 3 is 2.46 bits per heavy atom. The summed E-state index contributed by atoms with van der Waals surface area (Å²) in [5.74, 6) is -1.82. The van der Waals surface area contributed by atoms with Crippen molar-refractivity contribution in [1.29, 1.82) is 0 Å². The van der Waals surface area contributed by atoms with E-state index in [9.17, 15) is 19.6 Å². The van der Waals surface area contributed by atoms with Gasteiger partial charge in [0.1, 0.15) is 13.1 Å². The summed E-state index contributed by atoms with van der Waals surface area (Å²) < 4.78 is 4.34. The van der Waals surface area contributed by atoms with Crippen molar-refractivity contribution in [3.8, 4) is 0 Å². The Hall–Kier alpha value is -2.09. The van der Waals surface area contributed by atoms with Gasteiger partial charge in [-0.15, -0.1) is 4.65 Å². The largest absolute Gasteiger partial charge is 0.451 e. The van der Waals surface area contributed by atoms with Gasteiger partial charge in [0.05, 0.1) is 12.0 Å². The molecule has 7 heteroatoms. The summed E-state index contributed by atoms with van der Waals surface area (Å²) >= 11 is 0. The average molecular weight is 363 g/mol. The van der Waals surface area contributed by atoms with E-state index >= 15 is 0 Å². The second kappa shape index (κ2) is 9.02. The number of nitrogens with one attached hydrogen (secondary N) is 1. The minimum absolute atomic E-state index is 0.0728. The lowest BCUT2D eigenvalue weighted by Gasteiger charge is -2.24.